The molecule has 12 bridgehead atoms. The van der Waals surface area contributed by atoms with Gasteiger partial charge in [0.15, 0.2) is 33.9 Å². The van der Waals surface area contributed by atoms with E-state index < -0.39 is 0 Å². The molecule has 0 aromatic carbocycles. The zero-order valence-electron chi connectivity index (χ0n) is 21.1. The first-order valence-corrected chi connectivity index (χ1v) is 12.1. The van der Waals surface area contributed by atoms with Crippen molar-refractivity contribution in [2.24, 2.45) is 0 Å². The zero-order chi connectivity index (χ0) is 26.5. The molecule has 0 saturated carbocycles. The number of nitrogens with zero attached hydrogens (tertiary/aromatic N) is 12. The van der Waals surface area contributed by atoms with Gasteiger partial charge in [-0.3, -0.25) is 0 Å². The lowest BCUT2D eigenvalue weighted by Crippen LogP contribution is -1.97. The van der Waals surface area contributed by atoms with Crippen molar-refractivity contribution in [3.63, 3.8) is 0 Å². The van der Waals surface area contributed by atoms with Crippen LogP contribution < -0.4 is 0 Å². The Morgan fingerprint density at radius 2 is 0.487 bits per heavy atom. The molecule has 0 amide bonds. The van der Waals surface area contributed by atoms with Crippen molar-refractivity contribution in [2.75, 3.05) is 0 Å². The van der Waals surface area contributed by atoms with Gasteiger partial charge < -0.3 is 0 Å². The van der Waals surface area contributed by atoms with Crippen LogP contribution in [0.15, 0.2) is 54.6 Å². The minimum atomic E-state index is 0.409. The molecule has 12 nitrogen and oxygen atoms in total. The number of aromatic nitrogens is 12. The second-order valence-corrected chi connectivity index (χ2v) is 8.81. The van der Waals surface area contributed by atoms with Crippen molar-refractivity contribution < 1.29 is 0 Å². The number of aryl methyl sites for hydroxylation is 3. The fourth-order valence-corrected chi connectivity index (χ4v) is 4.18. The lowest BCUT2D eigenvalue weighted by molar-refractivity contribution is 1.06. The van der Waals surface area contributed by atoms with Crippen molar-refractivity contribution in [1.82, 2.24) is 59.8 Å². The third-order valence-electron chi connectivity index (χ3n) is 5.86. The highest BCUT2D eigenvalue weighted by Crippen LogP contribution is 2.16. The van der Waals surface area contributed by atoms with Gasteiger partial charge in [0.05, 0.1) is 0 Å². The van der Waals surface area contributed by atoms with Crippen molar-refractivity contribution in [1.29, 1.82) is 0 Å². The van der Waals surface area contributed by atoms with E-state index in [-0.39, 0.29) is 0 Å². The molecular weight excluding hydrogens is 492 g/mol. The summed E-state index contributed by atoms with van der Waals surface area (Å²) in [7, 11) is 0. The summed E-state index contributed by atoms with van der Waals surface area (Å²) in [5.74, 6) is 1.60. The fraction of sp³-hybridized carbons (Fsp3) is 0.111. The summed E-state index contributed by atoms with van der Waals surface area (Å²) in [5, 5.41) is 0. The summed E-state index contributed by atoms with van der Waals surface area (Å²) in [5.41, 5.74) is 5.75. The summed E-state index contributed by atoms with van der Waals surface area (Å²) in [4.78, 5) is 55.7. The van der Waals surface area contributed by atoms with Gasteiger partial charge in [0.25, 0.3) is 0 Å². The molecule has 7 aromatic rings. The van der Waals surface area contributed by atoms with Crippen LogP contribution in [-0.4, -0.2) is 59.8 Å². The number of pyridine rings is 3. The molecule has 0 unspecified atom stereocenters. The van der Waals surface area contributed by atoms with E-state index in [1.54, 1.807) is 20.8 Å². The molecule has 186 valence electrons. The molecule has 7 heterocycles. The molecule has 0 saturated heterocycles. The highest BCUT2D eigenvalue weighted by atomic mass is 15.1. The Kier molecular flexibility index (Phi) is 5.11. The normalized spacial score (nSPS) is 11.5. The van der Waals surface area contributed by atoms with Gasteiger partial charge in [-0.25, -0.2) is 59.8 Å². The van der Waals surface area contributed by atoms with Crippen LogP contribution in [0.1, 0.15) is 17.5 Å². The van der Waals surface area contributed by atoms with E-state index >= 15 is 0 Å². The Hall–Kier alpha value is -5.52. The van der Waals surface area contributed by atoms with E-state index in [0.717, 1.165) is 0 Å². The van der Waals surface area contributed by atoms with E-state index in [1.807, 2.05) is 54.6 Å². The fourth-order valence-electron chi connectivity index (χ4n) is 4.18. The van der Waals surface area contributed by atoms with E-state index in [4.69, 9.17) is 29.9 Å². The summed E-state index contributed by atoms with van der Waals surface area (Å²) in [6.45, 7) is 5.41. The van der Waals surface area contributed by atoms with Gasteiger partial charge >= 0.3 is 0 Å². The van der Waals surface area contributed by atoms with Gasteiger partial charge in [0, 0.05) is 0 Å². The molecule has 0 aliphatic carbocycles. The second-order valence-electron chi connectivity index (χ2n) is 8.81. The van der Waals surface area contributed by atoms with Crippen LogP contribution in [0.2, 0.25) is 0 Å². The molecule has 0 aliphatic rings. The Bertz CT molecular complexity index is 1850. The smallest absolute Gasteiger partial charge is 0.182 e. The van der Waals surface area contributed by atoms with Gasteiger partial charge in [-0.1, -0.05) is 18.2 Å². The van der Waals surface area contributed by atoms with Crippen LogP contribution in [0.25, 0.3) is 67.0 Å². The molecule has 7 rings (SSSR count). The Morgan fingerprint density at radius 3 is 0.692 bits per heavy atom. The van der Waals surface area contributed by atoms with Crippen molar-refractivity contribution in [2.45, 2.75) is 20.8 Å². The number of fused-ring (bicyclic) bond motifs is 18. The second kappa shape index (κ2) is 8.80. The lowest BCUT2D eigenvalue weighted by atomic mass is 10.3. The summed E-state index contributed by atoms with van der Waals surface area (Å²) in [6, 6.07) is 16.6. The van der Waals surface area contributed by atoms with Crippen LogP contribution in [-0.2, 0) is 0 Å². The quantitative estimate of drug-likeness (QED) is 0.290. The Labute approximate surface area is 219 Å². The summed E-state index contributed by atoms with van der Waals surface area (Å²) in [6.07, 6.45) is 0. The number of hydrogen-bond donors (Lipinski definition) is 0. The largest absolute Gasteiger partial charge is 0.241 e. The van der Waals surface area contributed by atoms with Crippen LogP contribution in [0.3, 0.4) is 0 Å². The highest BCUT2D eigenvalue weighted by Gasteiger charge is 2.07. The summed E-state index contributed by atoms with van der Waals surface area (Å²) < 4.78 is 0. The third kappa shape index (κ3) is 4.23. The van der Waals surface area contributed by atoms with Crippen molar-refractivity contribution in [3.05, 3.63) is 72.1 Å². The van der Waals surface area contributed by atoms with Gasteiger partial charge in [-0.2, -0.15) is 0 Å². The van der Waals surface area contributed by atoms with Gasteiger partial charge in [0.1, 0.15) is 50.6 Å². The highest BCUT2D eigenvalue weighted by molar-refractivity contribution is 5.84. The van der Waals surface area contributed by atoms with Crippen LogP contribution in [0, 0.1) is 20.8 Å². The average Bonchev–Trinajstić information content (AvgIpc) is 2.96. The Balaban J connectivity index is 1.75. The third-order valence-corrected chi connectivity index (χ3v) is 5.86. The van der Waals surface area contributed by atoms with Gasteiger partial charge in [0.2, 0.25) is 0 Å². The average molecular weight is 511 g/mol. The van der Waals surface area contributed by atoms with Crippen molar-refractivity contribution >= 4 is 67.0 Å². The predicted octanol–water partition coefficient (Wildman–Crippen LogP) is 3.96. The summed E-state index contributed by atoms with van der Waals surface area (Å²) >= 11 is 0. The van der Waals surface area contributed by atoms with Gasteiger partial charge in [-0.05, 0) is 57.2 Å². The van der Waals surface area contributed by atoms with Crippen LogP contribution in [0.5, 0.6) is 0 Å². The monoisotopic (exact) mass is 510 g/mol. The molecular formula is C27H18N12. The number of rotatable bonds is 0. The molecule has 39 heavy (non-hydrogen) atoms. The van der Waals surface area contributed by atoms with E-state index in [2.05, 4.69) is 29.9 Å². The first-order valence-electron chi connectivity index (χ1n) is 12.1. The van der Waals surface area contributed by atoms with E-state index in [0.29, 0.717) is 84.5 Å². The molecule has 0 spiro atoms. The SMILES string of the molecule is Cc1nc2nc(n1)c1cccc(n1)c1nc(C)nc(n1)c1cccc(n1)c1nc(C)nc(n1)c1cccc2n1. The molecule has 0 atom stereocenters. The number of hydrogen-bond acceptors (Lipinski definition) is 12. The maximum atomic E-state index is 4.78. The maximum absolute atomic E-state index is 4.78. The molecule has 0 fully saturated rings. The zero-order valence-corrected chi connectivity index (χ0v) is 21.1. The topological polar surface area (TPSA) is 155 Å². The van der Waals surface area contributed by atoms with E-state index in [1.165, 1.54) is 0 Å². The minimum absolute atomic E-state index is 0.409. The van der Waals surface area contributed by atoms with E-state index in [9.17, 15) is 0 Å². The van der Waals surface area contributed by atoms with Crippen molar-refractivity contribution in [3.8, 4) is 0 Å². The molecule has 0 radical (unpaired) electrons. The standard InChI is InChI=1S/C27H18N12/c1-13-28-22-16-7-4-9-18(34-16)24-30-14(2)32-26(38-24)20-11-6-12-21(36-20)27-33-15(3)31-25(39-27)19-10-5-8-17(35-19)23(29-13)37-22/h4-12H,1-3H3. The molecule has 0 N–H and O–H groups in total. The first-order chi connectivity index (χ1) is 19.0. The molecule has 7 aromatic heterocycles. The van der Waals surface area contributed by atoms with Gasteiger partial charge in [-0.15, -0.1) is 0 Å². The Morgan fingerprint density at radius 1 is 0.282 bits per heavy atom. The lowest BCUT2D eigenvalue weighted by Gasteiger charge is -2.01. The van der Waals surface area contributed by atoms with Crippen LogP contribution >= 0.6 is 0 Å². The first kappa shape index (κ1) is 22.7. The van der Waals surface area contributed by atoms with Crippen LogP contribution in [0.4, 0.5) is 0 Å². The predicted molar refractivity (Wildman–Crippen MR) is 146 cm³/mol. The molecule has 0 aliphatic heterocycles. The minimum Gasteiger partial charge on any atom is -0.241 e. The maximum Gasteiger partial charge on any atom is 0.182 e. The molecule has 12 heteroatoms.